The summed E-state index contributed by atoms with van der Waals surface area (Å²) in [6, 6.07) is 48.0. The molecule has 7 rings (SSSR count). The van der Waals surface area contributed by atoms with Crippen LogP contribution in [0.3, 0.4) is 0 Å². The molecule has 2 aliphatic rings. The lowest BCUT2D eigenvalue weighted by Gasteiger charge is -2.48. The highest BCUT2D eigenvalue weighted by atomic mass is 16.7. The molecule has 322 valence electrons. The van der Waals surface area contributed by atoms with E-state index in [-0.39, 0.29) is 46.2 Å². The van der Waals surface area contributed by atoms with E-state index >= 15 is 0 Å². The second-order valence-corrected chi connectivity index (χ2v) is 15.1. The molecule has 12 heteroatoms. The third-order valence-corrected chi connectivity index (χ3v) is 10.5. The van der Waals surface area contributed by atoms with E-state index in [2.05, 4.69) is 0 Å². The van der Waals surface area contributed by atoms with Gasteiger partial charge in [-0.1, -0.05) is 152 Å². The van der Waals surface area contributed by atoms with Gasteiger partial charge in [0, 0.05) is 6.92 Å². The first-order valence-corrected chi connectivity index (χ1v) is 20.6. The molecule has 0 saturated carbocycles. The van der Waals surface area contributed by atoms with Crippen LogP contribution in [0, 0.1) is 0 Å². The van der Waals surface area contributed by atoms with E-state index < -0.39 is 67.4 Å². The first kappa shape index (κ1) is 44.2. The Bertz CT molecular complexity index is 1990. The van der Waals surface area contributed by atoms with Crippen molar-refractivity contribution in [3.8, 4) is 0 Å². The van der Waals surface area contributed by atoms with Crippen LogP contribution in [0.15, 0.2) is 152 Å². The number of hydrogen-bond acceptors (Lipinski definition) is 12. The van der Waals surface area contributed by atoms with E-state index in [1.165, 1.54) is 6.92 Å². The minimum absolute atomic E-state index is 0.0367. The van der Waals surface area contributed by atoms with Crippen molar-refractivity contribution in [2.75, 3.05) is 13.2 Å². The van der Waals surface area contributed by atoms with E-state index in [1.54, 1.807) is 0 Å². The van der Waals surface area contributed by atoms with Crippen LogP contribution in [0.2, 0.25) is 0 Å². The maximum atomic E-state index is 13.0. The van der Waals surface area contributed by atoms with Crippen molar-refractivity contribution in [3.05, 3.63) is 179 Å². The maximum absolute atomic E-state index is 13.0. The van der Waals surface area contributed by atoms with Gasteiger partial charge in [-0.15, -0.1) is 0 Å². The predicted molar refractivity (Wildman–Crippen MR) is 223 cm³/mol. The lowest BCUT2D eigenvalue weighted by atomic mass is 9.96. The zero-order chi connectivity index (χ0) is 42.2. The Morgan fingerprint density at radius 3 is 1.31 bits per heavy atom. The van der Waals surface area contributed by atoms with Crippen molar-refractivity contribution < 1.29 is 57.6 Å². The summed E-state index contributed by atoms with van der Waals surface area (Å²) < 4.78 is 57.4. The van der Waals surface area contributed by atoms with Crippen molar-refractivity contribution in [2.45, 2.75) is 101 Å². The van der Waals surface area contributed by atoms with E-state index in [4.69, 9.17) is 42.6 Å². The van der Waals surface area contributed by atoms with E-state index in [0.717, 1.165) is 27.8 Å². The summed E-state index contributed by atoms with van der Waals surface area (Å²) in [5.41, 5.74) is 4.50. The van der Waals surface area contributed by atoms with Crippen molar-refractivity contribution in [3.63, 3.8) is 0 Å². The molecular formula is C49H54O12. The normalized spacial score (nSPS) is 26.4. The number of aliphatic hydroxyl groups is 2. The van der Waals surface area contributed by atoms with Crippen molar-refractivity contribution >= 4 is 5.97 Å². The highest BCUT2D eigenvalue weighted by molar-refractivity contribution is 5.66. The molecule has 5 aromatic carbocycles. The van der Waals surface area contributed by atoms with E-state index in [1.807, 2.05) is 152 Å². The minimum Gasteiger partial charge on any atom is -0.454 e. The Morgan fingerprint density at radius 2 is 0.869 bits per heavy atom. The number of esters is 1. The monoisotopic (exact) mass is 834 g/mol. The molecule has 0 unspecified atom stereocenters. The van der Waals surface area contributed by atoms with Crippen LogP contribution in [0.25, 0.3) is 0 Å². The summed E-state index contributed by atoms with van der Waals surface area (Å²) in [7, 11) is 0. The van der Waals surface area contributed by atoms with Gasteiger partial charge in [0.05, 0.1) is 46.2 Å². The standard InChI is InChI=1S/C49H54O12/c1-34(50)58-47-45(56-30-38-23-13-5-14-24-38)43(55-29-37-21-11-4-12-22-37)41(33-54-28-36-19-9-3-10-20-36)60-49(47)61-44-42(51)40(32-53-27-35-17-7-2-8-18-35)59-48(52)46(44)57-31-39-25-15-6-16-26-39/h2-26,40-49,51-52H,27-33H2,1H3/t40-,41-,42-,43+,44+,45+,46-,47-,48-,49+/m1/s1. The highest BCUT2D eigenvalue weighted by Gasteiger charge is 2.54. The SMILES string of the molecule is CC(=O)O[C@H]1[C@H](O[C@H]2[C@H](O)[C@@H](COCc3ccccc3)O[C@@H](O)[C@@H]2OCc2ccccc2)O[C@H](COCc2ccccc2)[C@H](OCc2ccccc2)[C@@H]1OCc1ccccc1. The summed E-state index contributed by atoms with van der Waals surface area (Å²) in [6.07, 6.45) is -11.7. The lowest BCUT2D eigenvalue weighted by molar-refractivity contribution is -0.368. The van der Waals surface area contributed by atoms with Crippen LogP contribution >= 0.6 is 0 Å². The Hall–Kier alpha value is -4.83. The predicted octanol–water partition coefficient (Wildman–Crippen LogP) is 6.30. The first-order chi connectivity index (χ1) is 29.9. The summed E-state index contributed by atoms with van der Waals surface area (Å²) in [6.45, 7) is 2.18. The third kappa shape index (κ3) is 12.9. The van der Waals surface area contributed by atoms with Crippen LogP contribution < -0.4 is 0 Å². The number of aliphatic hydroxyl groups excluding tert-OH is 2. The van der Waals surface area contributed by atoms with Gasteiger partial charge in [-0.3, -0.25) is 4.79 Å². The number of benzene rings is 5. The average Bonchev–Trinajstić information content (AvgIpc) is 3.29. The first-order valence-electron chi connectivity index (χ1n) is 20.6. The molecule has 10 atom stereocenters. The zero-order valence-corrected chi connectivity index (χ0v) is 34.1. The number of carbonyl (C=O) groups is 1. The van der Waals surface area contributed by atoms with Crippen LogP contribution in [0.1, 0.15) is 34.7 Å². The van der Waals surface area contributed by atoms with Gasteiger partial charge in [0.2, 0.25) is 0 Å². The van der Waals surface area contributed by atoms with Crippen molar-refractivity contribution in [1.82, 2.24) is 0 Å². The number of rotatable bonds is 20. The highest BCUT2D eigenvalue weighted by Crippen LogP contribution is 2.35. The molecule has 2 heterocycles. The second-order valence-electron chi connectivity index (χ2n) is 15.1. The Labute approximate surface area is 356 Å². The van der Waals surface area contributed by atoms with Gasteiger partial charge in [-0.2, -0.15) is 0 Å². The molecule has 0 aliphatic carbocycles. The Kier molecular flexibility index (Phi) is 16.6. The molecule has 2 fully saturated rings. The average molecular weight is 835 g/mol. The molecule has 0 bridgehead atoms. The van der Waals surface area contributed by atoms with Crippen LogP contribution in [-0.4, -0.2) is 90.8 Å². The maximum Gasteiger partial charge on any atom is 0.303 e. The fraction of sp³-hybridized carbons (Fsp3) is 0.367. The van der Waals surface area contributed by atoms with Crippen LogP contribution in [0.5, 0.6) is 0 Å². The smallest absolute Gasteiger partial charge is 0.303 e. The second kappa shape index (κ2) is 22.9. The molecule has 0 radical (unpaired) electrons. The fourth-order valence-electron chi connectivity index (χ4n) is 7.40. The summed E-state index contributed by atoms with van der Waals surface area (Å²) in [5.74, 6) is -0.618. The molecule has 12 nitrogen and oxygen atoms in total. The molecule has 2 saturated heterocycles. The molecular weight excluding hydrogens is 781 g/mol. The molecule has 5 aromatic rings. The molecule has 2 aliphatic heterocycles. The van der Waals surface area contributed by atoms with Crippen molar-refractivity contribution in [2.24, 2.45) is 0 Å². The summed E-state index contributed by atoms with van der Waals surface area (Å²) >= 11 is 0. The summed E-state index contributed by atoms with van der Waals surface area (Å²) in [5, 5.41) is 23.6. The van der Waals surface area contributed by atoms with Crippen LogP contribution in [0.4, 0.5) is 0 Å². The Balaban J connectivity index is 1.20. The lowest BCUT2D eigenvalue weighted by Crippen LogP contribution is -2.66. The van der Waals surface area contributed by atoms with E-state index in [0.29, 0.717) is 0 Å². The fourth-order valence-corrected chi connectivity index (χ4v) is 7.40. The van der Waals surface area contributed by atoms with Gasteiger partial charge in [0.15, 0.2) is 18.7 Å². The van der Waals surface area contributed by atoms with Crippen molar-refractivity contribution in [1.29, 1.82) is 0 Å². The van der Waals surface area contributed by atoms with Gasteiger partial charge in [0.1, 0.15) is 42.7 Å². The topological polar surface area (TPSA) is 141 Å². The van der Waals surface area contributed by atoms with Gasteiger partial charge >= 0.3 is 5.97 Å². The number of ether oxygens (including phenoxy) is 9. The molecule has 0 aromatic heterocycles. The molecule has 0 amide bonds. The van der Waals surface area contributed by atoms with E-state index in [9.17, 15) is 15.0 Å². The van der Waals surface area contributed by atoms with Gasteiger partial charge in [-0.25, -0.2) is 0 Å². The number of hydrogen-bond donors (Lipinski definition) is 2. The van der Waals surface area contributed by atoms with Gasteiger partial charge < -0.3 is 52.8 Å². The Morgan fingerprint density at radius 1 is 0.475 bits per heavy atom. The third-order valence-electron chi connectivity index (χ3n) is 10.5. The zero-order valence-electron chi connectivity index (χ0n) is 34.1. The van der Waals surface area contributed by atoms with Gasteiger partial charge in [0.25, 0.3) is 0 Å². The number of carbonyl (C=O) groups excluding carboxylic acids is 1. The molecule has 2 N–H and O–H groups in total. The molecule has 61 heavy (non-hydrogen) atoms. The largest absolute Gasteiger partial charge is 0.454 e. The van der Waals surface area contributed by atoms with Gasteiger partial charge in [-0.05, 0) is 27.8 Å². The molecule has 0 spiro atoms. The van der Waals surface area contributed by atoms with Crippen LogP contribution in [-0.2, 0) is 80.5 Å². The summed E-state index contributed by atoms with van der Waals surface area (Å²) in [4.78, 5) is 13.0. The minimum atomic E-state index is -1.55. The quantitative estimate of drug-likeness (QED) is 0.0852.